The van der Waals surface area contributed by atoms with Crippen molar-refractivity contribution in [1.82, 2.24) is 19.4 Å². The van der Waals surface area contributed by atoms with Crippen LogP contribution < -0.4 is 5.32 Å². The van der Waals surface area contributed by atoms with Gasteiger partial charge >= 0.3 is 12.2 Å². The van der Waals surface area contributed by atoms with Gasteiger partial charge in [0.1, 0.15) is 11.3 Å². The number of benzene rings is 1. The lowest BCUT2D eigenvalue weighted by Gasteiger charge is -2.18. The quantitative estimate of drug-likeness (QED) is 0.717. The Morgan fingerprint density at radius 3 is 2.69 bits per heavy atom. The van der Waals surface area contributed by atoms with E-state index >= 15 is 0 Å². The van der Waals surface area contributed by atoms with Gasteiger partial charge < -0.3 is 14.8 Å². The fraction of sp³-hybridized carbons (Fsp3) is 0.350. The van der Waals surface area contributed by atoms with Crippen LogP contribution in [0.1, 0.15) is 17.8 Å². The minimum absolute atomic E-state index is 0.267. The van der Waals surface area contributed by atoms with Crippen LogP contribution in [0.3, 0.4) is 0 Å². The number of likely N-dealkylation sites (tertiary alicyclic amines) is 1. The van der Waals surface area contributed by atoms with Crippen molar-refractivity contribution in [3.05, 3.63) is 54.0 Å². The highest BCUT2D eigenvalue weighted by molar-refractivity contribution is 5.89. The first-order chi connectivity index (χ1) is 13.8. The molecule has 2 amide bonds. The van der Waals surface area contributed by atoms with Gasteiger partial charge in [0.05, 0.1) is 5.56 Å². The second-order valence-electron chi connectivity index (χ2n) is 7.24. The standard InChI is InChI=1S/C20H20F3N5O/c1-27-17(26-16-3-2-9-24-18(16)27)11-13-8-10-28(12-13)19(29)25-15-6-4-14(5-7-15)20(21,22)23/h2-7,9,13H,8,10-12H2,1H3,(H,25,29)/t13-/m0/s1. The third-order valence-corrected chi connectivity index (χ3v) is 5.23. The summed E-state index contributed by atoms with van der Waals surface area (Å²) in [5, 5.41) is 2.67. The van der Waals surface area contributed by atoms with E-state index in [4.69, 9.17) is 0 Å². The van der Waals surface area contributed by atoms with Crippen LogP contribution in [0.25, 0.3) is 11.2 Å². The average molecular weight is 403 g/mol. The Hall–Kier alpha value is -3.10. The Balaban J connectivity index is 1.36. The van der Waals surface area contributed by atoms with Crippen molar-refractivity contribution in [3.8, 4) is 0 Å². The number of carbonyl (C=O) groups excluding carboxylic acids is 1. The molecule has 4 rings (SSSR count). The van der Waals surface area contributed by atoms with Gasteiger partial charge in [-0.05, 0) is 48.7 Å². The van der Waals surface area contributed by atoms with E-state index in [0.717, 1.165) is 42.0 Å². The molecule has 152 valence electrons. The fourth-order valence-corrected chi connectivity index (χ4v) is 3.64. The molecule has 1 aromatic carbocycles. The number of urea groups is 1. The molecule has 3 heterocycles. The summed E-state index contributed by atoms with van der Waals surface area (Å²) in [6.07, 6.45) is -1.08. The third-order valence-electron chi connectivity index (χ3n) is 5.23. The van der Waals surface area contributed by atoms with Gasteiger partial charge in [0.25, 0.3) is 0 Å². The predicted octanol–water partition coefficient (Wildman–Crippen LogP) is 4.08. The van der Waals surface area contributed by atoms with Gasteiger partial charge in [0.2, 0.25) is 0 Å². The predicted molar refractivity (Wildman–Crippen MR) is 102 cm³/mol. The molecular formula is C20H20F3N5O. The number of amides is 2. The Bertz CT molecular complexity index is 1030. The van der Waals surface area contributed by atoms with Crippen LogP contribution in [-0.2, 0) is 19.6 Å². The normalized spacial score (nSPS) is 17.1. The molecule has 1 saturated heterocycles. The van der Waals surface area contributed by atoms with Gasteiger partial charge in [-0.15, -0.1) is 0 Å². The molecule has 2 aromatic heterocycles. The van der Waals surface area contributed by atoms with Crippen molar-refractivity contribution in [3.63, 3.8) is 0 Å². The zero-order chi connectivity index (χ0) is 20.6. The molecule has 9 heteroatoms. The van der Waals surface area contributed by atoms with Gasteiger partial charge in [-0.1, -0.05) is 0 Å². The van der Waals surface area contributed by atoms with Gasteiger partial charge in [-0.25, -0.2) is 14.8 Å². The maximum atomic E-state index is 12.6. The van der Waals surface area contributed by atoms with Crippen molar-refractivity contribution >= 4 is 22.9 Å². The smallest absolute Gasteiger partial charge is 0.324 e. The Labute approximate surface area is 165 Å². The Morgan fingerprint density at radius 1 is 1.24 bits per heavy atom. The first-order valence-electron chi connectivity index (χ1n) is 9.31. The van der Waals surface area contributed by atoms with E-state index < -0.39 is 11.7 Å². The van der Waals surface area contributed by atoms with E-state index in [-0.39, 0.29) is 11.9 Å². The molecule has 0 aliphatic carbocycles. The monoisotopic (exact) mass is 403 g/mol. The first kappa shape index (κ1) is 19.2. The lowest BCUT2D eigenvalue weighted by atomic mass is 10.0. The summed E-state index contributed by atoms with van der Waals surface area (Å²) in [6.45, 7) is 1.17. The molecule has 1 aliphatic rings. The molecule has 0 unspecified atom stereocenters. The highest BCUT2D eigenvalue weighted by atomic mass is 19.4. The van der Waals surface area contributed by atoms with E-state index in [1.807, 2.05) is 23.7 Å². The number of alkyl halides is 3. The zero-order valence-electron chi connectivity index (χ0n) is 15.8. The molecule has 0 radical (unpaired) electrons. The van der Waals surface area contributed by atoms with Crippen LogP contribution in [-0.4, -0.2) is 38.6 Å². The highest BCUT2D eigenvalue weighted by Gasteiger charge is 2.30. The number of anilines is 1. The van der Waals surface area contributed by atoms with E-state index in [1.54, 1.807) is 11.1 Å². The Kier molecular flexibility index (Phi) is 4.89. The maximum absolute atomic E-state index is 12.6. The van der Waals surface area contributed by atoms with Gasteiger partial charge in [0.15, 0.2) is 5.65 Å². The van der Waals surface area contributed by atoms with Crippen LogP contribution in [0, 0.1) is 5.92 Å². The Morgan fingerprint density at radius 2 is 2.00 bits per heavy atom. The van der Waals surface area contributed by atoms with E-state index in [9.17, 15) is 18.0 Å². The van der Waals surface area contributed by atoms with Crippen LogP contribution >= 0.6 is 0 Å². The lowest BCUT2D eigenvalue weighted by Crippen LogP contribution is -2.33. The summed E-state index contributed by atoms with van der Waals surface area (Å²) in [7, 11) is 1.93. The molecular weight excluding hydrogens is 383 g/mol. The molecule has 0 spiro atoms. The first-order valence-corrected chi connectivity index (χ1v) is 9.31. The number of aryl methyl sites for hydroxylation is 1. The minimum Gasteiger partial charge on any atom is -0.324 e. The largest absolute Gasteiger partial charge is 0.416 e. The molecule has 1 aliphatic heterocycles. The average Bonchev–Trinajstić information content (AvgIpc) is 3.27. The SMILES string of the molecule is Cn1c(C[C@@H]2CCN(C(=O)Nc3ccc(C(F)(F)F)cc3)C2)nc2cccnc21. The number of nitrogens with one attached hydrogen (secondary N) is 1. The van der Waals surface area contributed by atoms with E-state index in [0.29, 0.717) is 18.8 Å². The number of carbonyl (C=O) groups is 1. The van der Waals surface area contributed by atoms with Crippen LogP contribution in [0.4, 0.5) is 23.7 Å². The van der Waals surface area contributed by atoms with Crippen LogP contribution in [0.2, 0.25) is 0 Å². The number of hydrogen-bond donors (Lipinski definition) is 1. The lowest BCUT2D eigenvalue weighted by molar-refractivity contribution is -0.137. The summed E-state index contributed by atoms with van der Waals surface area (Å²) in [5.74, 6) is 1.19. The molecule has 6 nitrogen and oxygen atoms in total. The van der Waals surface area contributed by atoms with E-state index in [2.05, 4.69) is 15.3 Å². The molecule has 1 fully saturated rings. The maximum Gasteiger partial charge on any atom is 0.416 e. The van der Waals surface area contributed by atoms with Crippen molar-refractivity contribution in [1.29, 1.82) is 0 Å². The number of hydrogen-bond acceptors (Lipinski definition) is 3. The van der Waals surface area contributed by atoms with Crippen molar-refractivity contribution in [2.45, 2.75) is 19.0 Å². The van der Waals surface area contributed by atoms with E-state index in [1.165, 1.54) is 12.1 Å². The number of halogens is 3. The number of imidazole rings is 1. The molecule has 1 atom stereocenters. The number of rotatable bonds is 3. The van der Waals surface area contributed by atoms with Gasteiger partial charge in [0, 0.05) is 38.4 Å². The molecule has 0 saturated carbocycles. The van der Waals surface area contributed by atoms with Crippen molar-refractivity contribution < 1.29 is 18.0 Å². The number of nitrogens with zero attached hydrogens (tertiary/aromatic N) is 4. The van der Waals surface area contributed by atoms with Gasteiger partial charge in [-0.2, -0.15) is 13.2 Å². The molecule has 1 N–H and O–H groups in total. The summed E-state index contributed by atoms with van der Waals surface area (Å²) >= 11 is 0. The molecule has 0 bridgehead atoms. The second kappa shape index (κ2) is 7.38. The number of aromatic nitrogens is 3. The van der Waals surface area contributed by atoms with Crippen molar-refractivity contribution in [2.75, 3.05) is 18.4 Å². The van der Waals surface area contributed by atoms with Crippen LogP contribution in [0.5, 0.6) is 0 Å². The molecule has 29 heavy (non-hydrogen) atoms. The van der Waals surface area contributed by atoms with Gasteiger partial charge in [-0.3, -0.25) is 0 Å². The third kappa shape index (κ3) is 4.03. The molecule has 3 aromatic rings. The minimum atomic E-state index is -4.39. The zero-order valence-corrected chi connectivity index (χ0v) is 15.8. The summed E-state index contributed by atoms with van der Waals surface area (Å²) in [4.78, 5) is 23.1. The number of fused-ring (bicyclic) bond motifs is 1. The summed E-state index contributed by atoms with van der Waals surface area (Å²) in [6, 6.07) is 7.91. The van der Waals surface area contributed by atoms with Crippen molar-refractivity contribution in [2.24, 2.45) is 13.0 Å². The second-order valence-corrected chi connectivity index (χ2v) is 7.24. The van der Waals surface area contributed by atoms with Crippen LogP contribution in [0.15, 0.2) is 42.6 Å². The fourth-order valence-electron chi connectivity index (χ4n) is 3.64. The summed E-state index contributed by atoms with van der Waals surface area (Å²) in [5.41, 5.74) is 1.28. The number of pyridine rings is 1. The highest BCUT2D eigenvalue weighted by Crippen LogP contribution is 2.30. The summed E-state index contributed by atoms with van der Waals surface area (Å²) < 4.78 is 39.9. The topological polar surface area (TPSA) is 63.1 Å².